The van der Waals surface area contributed by atoms with E-state index in [0.717, 1.165) is 0 Å². The summed E-state index contributed by atoms with van der Waals surface area (Å²) < 4.78 is 0. The van der Waals surface area contributed by atoms with E-state index in [1.54, 1.807) is 0 Å². The number of rotatable bonds is 3. The van der Waals surface area contributed by atoms with Crippen molar-refractivity contribution in [2.45, 2.75) is 34.6 Å². The quantitative estimate of drug-likeness (QED) is 0.709. The number of allylic oxidation sites excluding steroid dienone is 3. The molecule has 0 aliphatic rings. The van der Waals surface area contributed by atoms with E-state index >= 15 is 0 Å². The smallest absolute Gasteiger partial charge is 0.0149 e. The van der Waals surface area contributed by atoms with Crippen LogP contribution in [-0.4, -0.2) is 0 Å². The zero-order chi connectivity index (χ0) is 14.4. The Labute approximate surface area is 117 Å². The maximum Gasteiger partial charge on any atom is -0.0149 e. The van der Waals surface area contributed by atoms with Gasteiger partial charge in [-0.25, -0.2) is 0 Å². The zero-order valence-electron chi connectivity index (χ0n) is 12.7. The molecule has 0 bridgehead atoms. The minimum atomic E-state index is 1.30. The molecule has 0 saturated heterocycles. The highest BCUT2D eigenvalue weighted by atomic mass is 14.1. The Bertz CT molecular complexity index is 638. The highest BCUT2D eigenvalue weighted by Gasteiger charge is 2.07. The second-order valence-corrected chi connectivity index (χ2v) is 4.58. The van der Waals surface area contributed by atoms with Crippen molar-refractivity contribution < 1.29 is 0 Å². The molecule has 0 fully saturated rings. The van der Waals surface area contributed by atoms with Crippen molar-refractivity contribution in [3.63, 3.8) is 0 Å². The third kappa shape index (κ3) is 2.96. The van der Waals surface area contributed by atoms with Crippen LogP contribution in [-0.2, 0) is 0 Å². The van der Waals surface area contributed by atoms with Crippen LogP contribution in [0.5, 0.6) is 0 Å². The van der Waals surface area contributed by atoms with Gasteiger partial charge in [0.1, 0.15) is 0 Å². The van der Waals surface area contributed by atoms with Crippen LogP contribution in [0.1, 0.15) is 43.0 Å². The van der Waals surface area contributed by atoms with Gasteiger partial charge in [-0.3, -0.25) is 0 Å². The molecule has 0 aliphatic carbocycles. The third-order valence-corrected chi connectivity index (χ3v) is 3.51. The highest BCUT2D eigenvalue weighted by molar-refractivity contribution is 5.68. The van der Waals surface area contributed by atoms with E-state index in [2.05, 4.69) is 71.6 Å². The van der Waals surface area contributed by atoms with Gasteiger partial charge in [-0.1, -0.05) is 49.1 Å². The number of hydrogen-bond donors (Lipinski definition) is 0. The molecule has 100 valence electrons. The van der Waals surface area contributed by atoms with Gasteiger partial charge in [0.2, 0.25) is 0 Å². The predicted octanol–water partition coefficient (Wildman–Crippen LogP) is 4.14. The lowest BCUT2D eigenvalue weighted by Gasteiger charge is -2.12. The monoisotopic (exact) mass is 252 g/mol. The van der Waals surface area contributed by atoms with Gasteiger partial charge >= 0.3 is 0 Å². The Balaban J connectivity index is 3.95. The van der Waals surface area contributed by atoms with Gasteiger partial charge in [-0.15, -0.1) is 0 Å². The molecule has 19 heavy (non-hydrogen) atoms. The molecule has 0 radical (unpaired) electrons. The van der Waals surface area contributed by atoms with Gasteiger partial charge in [0.15, 0.2) is 0 Å². The van der Waals surface area contributed by atoms with E-state index in [1.165, 1.54) is 32.7 Å². The van der Waals surface area contributed by atoms with Gasteiger partial charge in [0.05, 0.1) is 0 Å². The van der Waals surface area contributed by atoms with Crippen LogP contribution < -0.4 is 10.4 Å². The first-order chi connectivity index (χ1) is 9.12. The second-order valence-electron chi connectivity index (χ2n) is 4.58. The lowest BCUT2D eigenvalue weighted by atomic mass is 9.92. The van der Waals surface area contributed by atoms with E-state index in [1.807, 2.05) is 12.2 Å². The SMILES string of the molecule is C=C/C=C\c1c(C)c(/C=C\C)c(=C/C)/c(=C\C)c1C. The van der Waals surface area contributed by atoms with Crippen molar-refractivity contribution >= 4 is 24.3 Å². The Kier molecular flexibility index (Phi) is 5.57. The van der Waals surface area contributed by atoms with Crippen LogP contribution in [0.15, 0.2) is 24.8 Å². The van der Waals surface area contributed by atoms with E-state index in [-0.39, 0.29) is 0 Å². The fourth-order valence-corrected chi connectivity index (χ4v) is 2.60. The summed E-state index contributed by atoms with van der Waals surface area (Å²) in [6.45, 7) is 14.4. The maximum atomic E-state index is 3.76. The average Bonchev–Trinajstić information content (AvgIpc) is 2.41. The Hall–Kier alpha value is -1.82. The summed E-state index contributed by atoms with van der Waals surface area (Å²) in [5.74, 6) is 0. The molecule has 1 aromatic carbocycles. The third-order valence-electron chi connectivity index (χ3n) is 3.51. The van der Waals surface area contributed by atoms with E-state index < -0.39 is 0 Å². The molecule has 0 unspecified atom stereocenters. The summed E-state index contributed by atoms with van der Waals surface area (Å²) in [7, 11) is 0. The highest BCUT2D eigenvalue weighted by Crippen LogP contribution is 2.16. The van der Waals surface area contributed by atoms with Gasteiger partial charge in [-0.2, -0.15) is 0 Å². The maximum absolute atomic E-state index is 3.76. The van der Waals surface area contributed by atoms with Crippen molar-refractivity contribution in [2.24, 2.45) is 0 Å². The zero-order valence-corrected chi connectivity index (χ0v) is 12.7. The molecule has 0 amide bonds. The molecule has 0 saturated carbocycles. The van der Waals surface area contributed by atoms with Crippen LogP contribution in [0.25, 0.3) is 24.3 Å². The predicted molar refractivity (Wildman–Crippen MR) is 89.4 cm³/mol. The van der Waals surface area contributed by atoms with Crippen LogP contribution in [0.3, 0.4) is 0 Å². The van der Waals surface area contributed by atoms with Gasteiger partial charge in [0, 0.05) is 0 Å². The lowest BCUT2D eigenvalue weighted by molar-refractivity contribution is 1.26. The van der Waals surface area contributed by atoms with Crippen molar-refractivity contribution in [1.82, 2.24) is 0 Å². The lowest BCUT2D eigenvalue weighted by Crippen LogP contribution is -2.31. The van der Waals surface area contributed by atoms with E-state index in [4.69, 9.17) is 0 Å². The normalized spacial score (nSPS) is 13.9. The van der Waals surface area contributed by atoms with Crippen LogP contribution in [0.4, 0.5) is 0 Å². The Morgan fingerprint density at radius 1 is 0.789 bits per heavy atom. The molecule has 0 aromatic heterocycles. The molecule has 1 rings (SSSR count). The molecular weight excluding hydrogens is 228 g/mol. The Morgan fingerprint density at radius 2 is 1.42 bits per heavy atom. The standard InChI is InChI=1S/C19H24/c1-7-11-13-18-14(5)16(9-3)17(10-4)19(12-8-2)15(18)6/h7-13H,1H2,2-6H3/b12-8-,13-11-,16-9-,17-10+. The molecule has 0 atom stereocenters. The minimum absolute atomic E-state index is 1.30. The van der Waals surface area contributed by atoms with Crippen molar-refractivity contribution in [1.29, 1.82) is 0 Å². The molecule has 0 spiro atoms. The molecule has 0 heterocycles. The average molecular weight is 252 g/mol. The minimum Gasteiger partial charge on any atom is -0.0991 e. The second kappa shape index (κ2) is 6.94. The van der Waals surface area contributed by atoms with E-state index in [9.17, 15) is 0 Å². The summed E-state index contributed by atoms with van der Waals surface area (Å²) in [5.41, 5.74) is 5.27. The van der Waals surface area contributed by atoms with Gasteiger partial charge < -0.3 is 0 Å². The first kappa shape index (κ1) is 15.2. The molecular formula is C19H24. The molecule has 0 nitrogen and oxygen atoms in total. The van der Waals surface area contributed by atoms with Gasteiger partial charge in [-0.05, 0) is 67.3 Å². The van der Waals surface area contributed by atoms with Crippen LogP contribution >= 0.6 is 0 Å². The summed E-state index contributed by atoms with van der Waals surface area (Å²) in [4.78, 5) is 0. The van der Waals surface area contributed by atoms with Crippen molar-refractivity contribution in [3.8, 4) is 0 Å². The fraction of sp³-hybridized carbons (Fsp3) is 0.263. The number of hydrogen-bond acceptors (Lipinski definition) is 0. The number of benzene rings is 1. The first-order valence-electron chi connectivity index (χ1n) is 6.79. The largest absolute Gasteiger partial charge is 0.0991 e. The fourth-order valence-electron chi connectivity index (χ4n) is 2.60. The Morgan fingerprint density at radius 3 is 1.89 bits per heavy atom. The van der Waals surface area contributed by atoms with Gasteiger partial charge in [0.25, 0.3) is 0 Å². The van der Waals surface area contributed by atoms with E-state index in [0.29, 0.717) is 0 Å². The molecule has 0 aliphatic heterocycles. The van der Waals surface area contributed by atoms with Crippen LogP contribution in [0.2, 0.25) is 0 Å². The summed E-state index contributed by atoms with van der Waals surface area (Å²) in [6, 6.07) is 0. The van der Waals surface area contributed by atoms with Crippen molar-refractivity contribution in [2.75, 3.05) is 0 Å². The van der Waals surface area contributed by atoms with Crippen molar-refractivity contribution in [3.05, 3.63) is 57.5 Å². The molecule has 0 heteroatoms. The molecule has 1 aromatic rings. The summed E-state index contributed by atoms with van der Waals surface area (Å²) >= 11 is 0. The summed E-state index contributed by atoms with van der Waals surface area (Å²) in [5, 5.41) is 2.65. The topological polar surface area (TPSA) is 0 Å². The summed E-state index contributed by atoms with van der Waals surface area (Å²) in [6.07, 6.45) is 14.7. The van der Waals surface area contributed by atoms with Crippen LogP contribution in [0, 0.1) is 13.8 Å². The first-order valence-corrected chi connectivity index (χ1v) is 6.79. The molecule has 0 N–H and O–H groups in total.